The second kappa shape index (κ2) is 9.86. The molecule has 1 heterocycles. The average Bonchev–Trinajstić information content (AvgIpc) is 3.13. The molecule has 0 aliphatic carbocycles. The first kappa shape index (κ1) is 23.3. The molecule has 0 unspecified atom stereocenters. The minimum atomic E-state index is -3.95. The molecular weight excluding hydrogens is 434 g/mol. The van der Waals surface area contributed by atoms with Crippen molar-refractivity contribution >= 4 is 32.9 Å². The van der Waals surface area contributed by atoms with Gasteiger partial charge in [-0.3, -0.25) is 4.79 Å². The third-order valence-corrected chi connectivity index (χ3v) is 6.39. The molecule has 0 saturated carbocycles. The lowest BCUT2D eigenvalue weighted by molar-refractivity contribution is -0.145. The van der Waals surface area contributed by atoms with Gasteiger partial charge in [-0.2, -0.15) is 0 Å². The van der Waals surface area contributed by atoms with E-state index in [0.717, 1.165) is 9.54 Å². The first-order valence-corrected chi connectivity index (χ1v) is 11.6. The smallest absolute Gasteiger partial charge is 0.344 e. The van der Waals surface area contributed by atoms with Crippen LogP contribution in [0.3, 0.4) is 0 Å². The number of aryl methyl sites for hydroxylation is 1. The Morgan fingerprint density at radius 2 is 1.59 bits per heavy atom. The highest BCUT2D eigenvalue weighted by atomic mass is 32.2. The molecule has 2 aromatic carbocycles. The maximum Gasteiger partial charge on any atom is 0.344 e. The van der Waals surface area contributed by atoms with E-state index in [1.54, 1.807) is 44.2 Å². The molecule has 8 nitrogen and oxygen atoms in total. The van der Waals surface area contributed by atoms with Crippen LogP contribution >= 0.6 is 0 Å². The van der Waals surface area contributed by atoms with Crippen molar-refractivity contribution in [3.8, 4) is 5.75 Å². The second-order valence-electron chi connectivity index (χ2n) is 6.99. The summed E-state index contributed by atoms with van der Waals surface area (Å²) in [4.78, 5) is 24.1. The van der Waals surface area contributed by atoms with Crippen LogP contribution in [-0.4, -0.2) is 44.1 Å². The summed E-state index contributed by atoms with van der Waals surface area (Å²) in [5, 5.41) is 0.417. The summed E-state index contributed by atoms with van der Waals surface area (Å²) in [7, 11) is -3.95. The molecule has 0 spiro atoms. The van der Waals surface area contributed by atoms with Crippen molar-refractivity contribution in [1.29, 1.82) is 0 Å². The van der Waals surface area contributed by atoms with Gasteiger partial charge in [-0.1, -0.05) is 23.8 Å². The minimum Gasteiger partial charge on any atom is -0.481 e. The van der Waals surface area contributed by atoms with E-state index in [0.29, 0.717) is 16.5 Å². The average molecular weight is 460 g/mol. The Hall–Kier alpha value is -3.33. The topological polar surface area (TPSA) is 101 Å². The molecule has 3 aromatic rings. The fraction of sp³-hybridized carbons (Fsp3) is 0.304. The SMILES string of the molecule is CCOC(=O)COc1cccc2c1c(CC(=O)OCC)cn2S(=O)(=O)c1ccc(C)cc1. The van der Waals surface area contributed by atoms with Crippen LogP contribution in [0.4, 0.5) is 0 Å². The molecule has 0 amide bonds. The molecule has 0 atom stereocenters. The molecule has 0 radical (unpaired) electrons. The van der Waals surface area contributed by atoms with Gasteiger partial charge in [0.1, 0.15) is 5.75 Å². The van der Waals surface area contributed by atoms with E-state index in [1.165, 1.54) is 18.3 Å². The third-order valence-electron chi connectivity index (χ3n) is 4.70. The highest BCUT2D eigenvalue weighted by Gasteiger charge is 2.24. The van der Waals surface area contributed by atoms with Crippen molar-refractivity contribution in [2.24, 2.45) is 0 Å². The van der Waals surface area contributed by atoms with Gasteiger partial charge in [0, 0.05) is 11.6 Å². The van der Waals surface area contributed by atoms with Crippen LogP contribution in [0.5, 0.6) is 5.75 Å². The van der Waals surface area contributed by atoms with Gasteiger partial charge in [0.25, 0.3) is 10.0 Å². The summed E-state index contributed by atoms with van der Waals surface area (Å²) in [6, 6.07) is 11.3. The van der Waals surface area contributed by atoms with Gasteiger partial charge in [-0.25, -0.2) is 17.2 Å². The molecule has 1 aromatic heterocycles. The number of benzene rings is 2. The van der Waals surface area contributed by atoms with Gasteiger partial charge < -0.3 is 14.2 Å². The number of ether oxygens (including phenoxy) is 3. The van der Waals surface area contributed by atoms with Gasteiger partial charge >= 0.3 is 11.9 Å². The van der Waals surface area contributed by atoms with Gasteiger partial charge in [0.05, 0.1) is 30.0 Å². The standard InChI is InChI=1S/C23H25NO7S/c1-4-29-21(25)13-17-14-24(32(27,28)18-11-9-16(3)10-12-18)19-7-6-8-20(23(17)19)31-15-22(26)30-5-2/h6-12,14H,4-5,13,15H2,1-3H3. The summed E-state index contributed by atoms with van der Waals surface area (Å²) in [6.45, 7) is 5.31. The van der Waals surface area contributed by atoms with E-state index in [-0.39, 0.29) is 36.9 Å². The molecule has 0 N–H and O–H groups in total. The predicted molar refractivity (Wildman–Crippen MR) is 118 cm³/mol. The van der Waals surface area contributed by atoms with Crippen molar-refractivity contribution in [1.82, 2.24) is 3.97 Å². The number of hydrogen-bond acceptors (Lipinski definition) is 7. The zero-order chi connectivity index (χ0) is 23.3. The quantitative estimate of drug-likeness (QED) is 0.453. The Bertz CT molecular complexity index is 1230. The second-order valence-corrected chi connectivity index (χ2v) is 8.81. The van der Waals surface area contributed by atoms with Crippen molar-refractivity contribution in [3.05, 3.63) is 59.8 Å². The molecule has 170 valence electrons. The first-order chi connectivity index (χ1) is 15.3. The Morgan fingerprint density at radius 3 is 2.25 bits per heavy atom. The zero-order valence-corrected chi connectivity index (χ0v) is 19.0. The highest BCUT2D eigenvalue weighted by molar-refractivity contribution is 7.90. The van der Waals surface area contributed by atoms with Crippen molar-refractivity contribution in [2.45, 2.75) is 32.1 Å². The van der Waals surface area contributed by atoms with E-state index >= 15 is 0 Å². The van der Waals surface area contributed by atoms with Crippen molar-refractivity contribution < 1.29 is 32.2 Å². The molecule has 0 saturated heterocycles. The number of rotatable bonds is 9. The number of hydrogen-bond donors (Lipinski definition) is 0. The number of aromatic nitrogens is 1. The molecule has 3 rings (SSSR count). The Kier molecular flexibility index (Phi) is 7.19. The van der Waals surface area contributed by atoms with E-state index in [4.69, 9.17) is 14.2 Å². The zero-order valence-electron chi connectivity index (χ0n) is 18.2. The maximum absolute atomic E-state index is 13.4. The molecule has 0 fully saturated rings. The lowest BCUT2D eigenvalue weighted by Gasteiger charge is -2.10. The van der Waals surface area contributed by atoms with Gasteiger partial charge in [0.2, 0.25) is 0 Å². The summed E-state index contributed by atoms with van der Waals surface area (Å²) in [6.07, 6.45) is 1.24. The monoisotopic (exact) mass is 459 g/mol. The lowest BCUT2D eigenvalue weighted by Crippen LogP contribution is -2.15. The fourth-order valence-electron chi connectivity index (χ4n) is 3.29. The van der Waals surface area contributed by atoms with Crippen LogP contribution in [0.1, 0.15) is 25.0 Å². The Labute approximate surface area is 186 Å². The predicted octanol–water partition coefficient (Wildman–Crippen LogP) is 3.23. The van der Waals surface area contributed by atoms with E-state index < -0.39 is 22.0 Å². The highest BCUT2D eigenvalue weighted by Crippen LogP contribution is 2.33. The number of nitrogens with zero attached hydrogens (tertiary/aromatic N) is 1. The number of fused-ring (bicyclic) bond motifs is 1. The van der Waals surface area contributed by atoms with E-state index in [9.17, 15) is 18.0 Å². The van der Waals surface area contributed by atoms with Crippen LogP contribution in [0.15, 0.2) is 53.6 Å². The summed E-state index contributed by atoms with van der Waals surface area (Å²) in [5.74, 6) is -0.782. The molecule has 0 bridgehead atoms. The van der Waals surface area contributed by atoms with Crippen molar-refractivity contribution in [3.63, 3.8) is 0 Å². The molecule has 32 heavy (non-hydrogen) atoms. The largest absolute Gasteiger partial charge is 0.481 e. The minimum absolute atomic E-state index is 0.112. The van der Waals surface area contributed by atoms with E-state index in [1.807, 2.05) is 6.92 Å². The van der Waals surface area contributed by atoms with Crippen LogP contribution in [0.25, 0.3) is 10.9 Å². The van der Waals surface area contributed by atoms with E-state index in [2.05, 4.69) is 0 Å². The Morgan fingerprint density at radius 1 is 0.938 bits per heavy atom. The number of carbonyl (C=O) groups is 2. The lowest BCUT2D eigenvalue weighted by atomic mass is 10.1. The molecule has 0 aliphatic heterocycles. The number of carbonyl (C=O) groups excluding carboxylic acids is 2. The molecule has 9 heteroatoms. The Balaban J connectivity index is 2.13. The van der Waals surface area contributed by atoms with Gasteiger partial charge in [-0.05, 0) is 50.6 Å². The van der Waals surface area contributed by atoms with Crippen LogP contribution in [0, 0.1) is 6.92 Å². The summed E-state index contributed by atoms with van der Waals surface area (Å²) in [5.41, 5.74) is 1.67. The van der Waals surface area contributed by atoms with Crippen molar-refractivity contribution in [2.75, 3.05) is 19.8 Å². The molecule has 0 aliphatic rings. The van der Waals surface area contributed by atoms with Gasteiger partial charge in [-0.15, -0.1) is 0 Å². The normalized spacial score (nSPS) is 11.3. The fourth-order valence-corrected chi connectivity index (χ4v) is 4.67. The number of esters is 2. The van der Waals surface area contributed by atoms with Crippen LogP contribution in [0.2, 0.25) is 0 Å². The first-order valence-electron chi connectivity index (χ1n) is 10.2. The third kappa shape index (κ3) is 4.94. The van der Waals surface area contributed by atoms with Crippen LogP contribution in [-0.2, 0) is 35.5 Å². The van der Waals surface area contributed by atoms with Crippen LogP contribution < -0.4 is 4.74 Å². The summed E-state index contributed by atoms with van der Waals surface area (Å²) < 4.78 is 43.4. The van der Waals surface area contributed by atoms with Gasteiger partial charge in [0.15, 0.2) is 6.61 Å². The maximum atomic E-state index is 13.4. The molecular formula is C23H25NO7S. The summed E-state index contributed by atoms with van der Waals surface area (Å²) >= 11 is 0.